The summed E-state index contributed by atoms with van der Waals surface area (Å²) >= 11 is 0. The predicted molar refractivity (Wildman–Crippen MR) is 76.1 cm³/mol. The van der Waals surface area contributed by atoms with Gasteiger partial charge in [0.15, 0.2) is 0 Å². The number of hydrogen-bond donors (Lipinski definition) is 1. The Hall–Kier alpha value is -1.64. The van der Waals surface area contributed by atoms with Gasteiger partial charge in [-0.05, 0) is 45.2 Å². The minimum absolute atomic E-state index is 0.00716. The Morgan fingerprint density at radius 1 is 1.16 bits per heavy atom. The van der Waals surface area contributed by atoms with Gasteiger partial charge < -0.3 is 5.32 Å². The number of anilines is 1. The Labute approximate surface area is 114 Å². The van der Waals surface area contributed by atoms with Gasteiger partial charge >= 0.3 is 0 Å². The molecule has 102 valence electrons. The number of hydrogen-bond acceptors (Lipinski definition) is 2. The SMILES string of the molecule is CC(=O)C1(C(=O)Nc2ccc(C)cc2C)CCCC1. The molecule has 2 rings (SSSR count). The molecule has 1 saturated carbocycles. The lowest BCUT2D eigenvalue weighted by molar-refractivity contribution is -0.137. The van der Waals surface area contributed by atoms with E-state index in [1.165, 1.54) is 6.92 Å². The van der Waals surface area contributed by atoms with Crippen molar-refractivity contribution < 1.29 is 9.59 Å². The van der Waals surface area contributed by atoms with Gasteiger partial charge in [0.25, 0.3) is 0 Å². The molecule has 0 radical (unpaired) electrons. The molecule has 1 aromatic rings. The van der Waals surface area contributed by atoms with Crippen molar-refractivity contribution in [3.8, 4) is 0 Å². The first kappa shape index (κ1) is 13.8. The zero-order valence-corrected chi connectivity index (χ0v) is 11.9. The third kappa shape index (κ3) is 2.55. The molecule has 0 aromatic heterocycles. The van der Waals surface area contributed by atoms with Crippen molar-refractivity contribution in [3.63, 3.8) is 0 Å². The average molecular weight is 259 g/mol. The van der Waals surface area contributed by atoms with Crippen molar-refractivity contribution in [2.24, 2.45) is 5.41 Å². The summed E-state index contributed by atoms with van der Waals surface area (Å²) in [6.45, 7) is 5.53. The number of amides is 1. The van der Waals surface area contributed by atoms with E-state index in [0.717, 1.165) is 29.7 Å². The molecule has 0 unspecified atom stereocenters. The molecule has 3 heteroatoms. The molecule has 1 N–H and O–H groups in total. The van der Waals surface area contributed by atoms with Crippen LogP contribution in [0.4, 0.5) is 5.69 Å². The number of aryl methyl sites for hydroxylation is 2. The van der Waals surface area contributed by atoms with Gasteiger partial charge in [-0.3, -0.25) is 9.59 Å². The van der Waals surface area contributed by atoms with Gasteiger partial charge in [0, 0.05) is 5.69 Å². The molecule has 19 heavy (non-hydrogen) atoms. The zero-order chi connectivity index (χ0) is 14.0. The van der Waals surface area contributed by atoms with Crippen LogP contribution in [0.2, 0.25) is 0 Å². The lowest BCUT2D eigenvalue weighted by Gasteiger charge is -2.25. The zero-order valence-electron chi connectivity index (χ0n) is 11.9. The minimum atomic E-state index is -0.794. The van der Waals surface area contributed by atoms with E-state index in [-0.39, 0.29) is 11.7 Å². The Kier molecular flexibility index (Phi) is 3.74. The molecule has 1 aliphatic carbocycles. The Balaban J connectivity index is 2.22. The summed E-state index contributed by atoms with van der Waals surface area (Å²) in [5.41, 5.74) is 2.21. The average Bonchev–Trinajstić information content (AvgIpc) is 2.83. The molecule has 1 aliphatic rings. The quantitative estimate of drug-likeness (QED) is 0.846. The van der Waals surface area contributed by atoms with Crippen molar-refractivity contribution >= 4 is 17.4 Å². The van der Waals surface area contributed by atoms with E-state index in [1.54, 1.807) is 0 Å². The summed E-state index contributed by atoms with van der Waals surface area (Å²) < 4.78 is 0. The smallest absolute Gasteiger partial charge is 0.238 e. The standard InChI is InChI=1S/C16H21NO2/c1-11-6-7-14(12(2)10-11)17-15(19)16(13(3)18)8-4-5-9-16/h6-7,10H,4-5,8-9H2,1-3H3,(H,17,19). The maximum Gasteiger partial charge on any atom is 0.238 e. The van der Waals surface area contributed by atoms with E-state index >= 15 is 0 Å². The summed E-state index contributed by atoms with van der Waals surface area (Å²) in [4.78, 5) is 24.4. The highest BCUT2D eigenvalue weighted by Crippen LogP contribution is 2.40. The lowest BCUT2D eigenvalue weighted by Crippen LogP contribution is -2.39. The summed E-state index contributed by atoms with van der Waals surface area (Å²) in [5.74, 6) is -0.142. The van der Waals surface area contributed by atoms with E-state index < -0.39 is 5.41 Å². The molecule has 1 amide bonds. The first-order valence-electron chi connectivity index (χ1n) is 6.85. The number of ketones is 1. The number of benzene rings is 1. The van der Waals surface area contributed by atoms with Crippen LogP contribution in [0.1, 0.15) is 43.7 Å². The number of nitrogens with one attached hydrogen (secondary N) is 1. The summed E-state index contributed by atoms with van der Waals surface area (Å²) in [5, 5.41) is 2.94. The van der Waals surface area contributed by atoms with Gasteiger partial charge in [-0.2, -0.15) is 0 Å². The summed E-state index contributed by atoms with van der Waals surface area (Å²) in [6, 6.07) is 5.91. The number of carbonyl (C=O) groups excluding carboxylic acids is 2. The van der Waals surface area contributed by atoms with Crippen LogP contribution in [0.3, 0.4) is 0 Å². The fraction of sp³-hybridized carbons (Fsp3) is 0.500. The molecule has 0 saturated heterocycles. The second kappa shape index (κ2) is 5.16. The van der Waals surface area contributed by atoms with Gasteiger partial charge in [-0.1, -0.05) is 30.5 Å². The Morgan fingerprint density at radius 3 is 2.32 bits per heavy atom. The first-order valence-corrected chi connectivity index (χ1v) is 6.85. The third-order valence-corrected chi connectivity index (χ3v) is 4.20. The molecule has 0 spiro atoms. The number of Topliss-reactive ketones (excluding diaryl/α,β-unsaturated/α-hetero) is 1. The van der Waals surface area contributed by atoms with Crippen LogP contribution in [-0.2, 0) is 9.59 Å². The van der Waals surface area contributed by atoms with E-state index in [4.69, 9.17) is 0 Å². The fourth-order valence-corrected chi connectivity index (χ4v) is 2.91. The van der Waals surface area contributed by atoms with Crippen LogP contribution in [0, 0.1) is 19.3 Å². The van der Waals surface area contributed by atoms with Crippen molar-refractivity contribution in [1.82, 2.24) is 0 Å². The molecule has 0 heterocycles. The van der Waals surface area contributed by atoms with E-state index in [9.17, 15) is 9.59 Å². The van der Waals surface area contributed by atoms with Crippen LogP contribution in [0.15, 0.2) is 18.2 Å². The molecule has 1 fully saturated rings. The lowest BCUT2D eigenvalue weighted by atomic mass is 9.81. The maximum atomic E-state index is 12.5. The van der Waals surface area contributed by atoms with Gasteiger partial charge in [-0.15, -0.1) is 0 Å². The van der Waals surface area contributed by atoms with Gasteiger partial charge in [-0.25, -0.2) is 0 Å². The molecule has 0 aliphatic heterocycles. The normalized spacial score (nSPS) is 17.2. The van der Waals surface area contributed by atoms with Gasteiger partial charge in [0.05, 0.1) is 0 Å². The molecule has 0 atom stereocenters. The minimum Gasteiger partial charge on any atom is -0.325 e. The molecular formula is C16H21NO2. The van der Waals surface area contributed by atoms with Gasteiger partial charge in [0.2, 0.25) is 5.91 Å². The summed E-state index contributed by atoms with van der Waals surface area (Å²) in [7, 11) is 0. The molecule has 1 aromatic carbocycles. The second-order valence-corrected chi connectivity index (χ2v) is 5.62. The van der Waals surface area contributed by atoms with Crippen molar-refractivity contribution in [3.05, 3.63) is 29.3 Å². The maximum absolute atomic E-state index is 12.5. The van der Waals surface area contributed by atoms with Crippen LogP contribution in [0.25, 0.3) is 0 Å². The highest BCUT2D eigenvalue weighted by Gasteiger charge is 2.45. The van der Waals surface area contributed by atoms with E-state index in [2.05, 4.69) is 5.32 Å². The largest absolute Gasteiger partial charge is 0.325 e. The van der Waals surface area contributed by atoms with Crippen molar-refractivity contribution in [1.29, 1.82) is 0 Å². The monoisotopic (exact) mass is 259 g/mol. The topological polar surface area (TPSA) is 46.2 Å². The number of rotatable bonds is 3. The highest BCUT2D eigenvalue weighted by atomic mass is 16.2. The summed E-state index contributed by atoms with van der Waals surface area (Å²) in [6.07, 6.45) is 3.28. The third-order valence-electron chi connectivity index (χ3n) is 4.20. The predicted octanol–water partition coefficient (Wildman–Crippen LogP) is 3.39. The van der Waals surface area contributed by atoms with E-state index in [1.807, 2.05) is 32.0 Å². The van der Waals surface area contributed by atoms with E-state index in [0.29, 0.717) is 12.8 Å². The van der Waals surface area contributed by atoms with Crippen LogP contribution >= 0.6 is 0 Å². The van der Waals surface area contributed by atoms with Crippen molar-refractivity contribution in [2.45, 2.75) is 46.5 Å². The molecule has 3 nitrogen and oxygen atoms in total. The number of carbonyl (C=O) groups is 2. The highest BCUT2D eigenvalue weighted by molar-refractivity contribution is 6.11. The molecule has 0 bridgehead atoms. The first-order chi connectivity index (χ1) is 8.95. The Morgan fingerprint density at radius 2 is 1.79 bits per heavy atom. The van der Waals surface area contributed by atoms with Crippen LogP contribution < -0.4 is 5.32 Å². The van der Waals surface area contributed by atoms with Crippen molar-refractivity contribution in [2.75, 3.05) is 5.32 Å². The van der Waals surface area contributed by atoms with Crippen LogP contribution in [0.5, 0.6) is 0 Å². The van der Waals surface area contributed by atoms with Gasteiger partial charge in [0.1, 0.15) is 11.2 Å². The second-order valence-electron chi connectivity index (χ2n) is 5.62. The Bertz CT molecular complexity index is 513. The van der Waals surface area contributed by atoms with Crippen LogP contribution in [-0.4, -0.2) is 11.7 Å². The molecular weight excluding hydrogens is 238 g/mol. The fourth-order valence-electron chi connectivity index (χ4n) is 2.91.